The van der Waals surface area contributed by atoms with Crippen LogP contribution in [0.25, 0.3) is 11.3 Å². The second-order valence-corrected chi connectivity index (χ2v) is 8.38. The van der Waals surface area contributed by atoms with E-state index in [9.17, 15) is 4.79 Å². The van der Waals surface area contributed by atoms with Crippen molar-refractivity contribution >= 4 is 23.3 Å². The van der Waals surface area contributed by atoms with Crippen LogP contribution in [0.3, 0.4) is 0 Å². The molecule has 1 atom stereocenters. The van der Waals surface area contributed by atoms with E-state index in [-0.39, 0.29) is 12.1 Å². The fourth-order valence-electron chi connectivity index (χ4n) is 4.09. The van der Waals surface area contributed by atoms with Gasteiger partial charge in [-0.25, -0.2) is 9.48 Å². The Morgan fingerprint density at radius 2 is 1.97 bits per heavy atom. The summed E-state index contributed by atoms with van der Waals surface area (Å²) in [5.41, 5.74) is 3.05. The van der Waals surface area contributed by atoms with E-state index < -0.39 is 0 Å². The number of tetrazole rings is 1. The number of benzene rings is 2. The number of aryl methyl sites for hydroxylation is 1. The summed E-state index contributed by atoms with van der Waals surface area (Å²) in [4.78, 5) is 15.1. The molecule has 0 saturated carbocycles. The van der Waals surface area contributed by atoms with Gasteiger partial charge in [-0.3, -0.25) is 0 Å². The lowest BCUT2D eigenvalue weighted by atomic mass is 10.1. The summed E-state index contributed by atoms with van der Waals surface area (Å²) in [6.45, 7) is 2.91. The van der Waals surface area contributed by atoms with Crippen molar-refractivity contribution in [3.63, 3.8) is 0 Å². The van der Waals surface area contributed by atoms with Gasteiger partial charge >= 0.3 is 6.03 Å². The highest BCUT2D eigenvalue weighted by molar-refractivity contribution is 6.30. The van der Waals surface area contributed by atoms with Gasteiger partial charge in [-0.1, -0.05) is 59.2 Å². The van der Waals surface area contributed by atoms with E-state index in [1.807, 2.05) is 54.6 Å². The van der Waals surface area contributed by atoms with E-state index in [0.29, 0.717) is 41.1 Å². The van der Waals surface area contributed by atoms with Crippen molar-refractivity contribution in [3.05, 3.63) is 76.7 Å². The average molecular weight is 464 g/mol. The van der Waals surface area contributed by atoms with Crippen molar-refractivity contribution in [1.29, 1.82) is 0 Å². The van der Waals surface area contributed by atoms with Crippen LogP contribution in [0.1, 0.15) is 36.0 Å². The maximum absolute atomic E-state index is 13.3. The number of nitrogens with one attached hydrogen (secondary N) is 1. The Morgan fingerprint density at radius 1 is 1.18 bits per heavy atom. The lowest BCUT2D eigenvalue weighted by Crippen LogP contribution is -2.36. The normalized spacial score (nSPS) is 15.7. The van der Waals surface area contributed by atoms with Gasteiger partial charge in [0.2, 0.25) is 0 Å². The van der Waals surface area contributed by atoms with Gasteiger partial charge in [0, 0.05) is 17.1 Å². The number of carbonyl (C=O) groups excluding carboxylic acids is 1. The first-order chi connectivity index (χ1) is 16.1. The van der Waals surface area contributed by atoms with Gasteiger partial charge in [-0.15, -0.1) is 5.10 Å². The van der Waals surface area contributed by atoms with E-state index in [4.69, 9.17) is 16.1 Å². The van der Waals surface area contributed by atoms with Crippen LogP contribution in [-0.4, -0.2) is 42.8 Å². The molecule has 5 rings (SSSR count). The monoisotopic (exact) mass is 463 g/mol. The molecule has 9 nitrogen and oxygen atoms in total. The Labute approximate surface area is 195 Å². The van der Waals surface area contributed by atoms with Crippen molar-refractivity contribution in [3.8, 4) is 11.3 Å². The number of amides is 2. The first-order valence-corrected chi connectivity index (χ1v) is 11.1. The maximum atomic E-state index is 13.3. The van der Waals surface area contributed by atoms with E-state index in [0.717, 1.165) is 24.0 Å². The standard InChI is InChI=1S/C23H22ClN7O2/c1-15-20(21(33-27-15)17-6-3-2-4-7-17)25-23(32)30-13-5-8-19(30)22-26-28-29-31(22)14-16-9-11-18(24)12-10-16/h2-4,6-7,9-12,19H,5,8,13-14H2,1H3,(H,25,32)/t19-/m1/s1. The summed E-state index contributed by atoms with van der Waals surface area (Å²) in [5, 5.41) is 20.0. The van der Waals surface area contributed by atoms with E-state index in [1.165, 1.54) is 0 Å². The summed E-state index contributed by atoms with van der Waals surface area (Å²) in [6, 6.07) is 16.7. The Kier molecular flexibility index (Phi) is 5.78. The highest BCUT2D eigenvalue weighted by atomic mass is 35.5. The largest absolute Gasteiger partial charge is 0.354 e. The Balaban J connectivity index is 1.36. The Morgan fingerprint density at radius 3 is 2.76 bits per heavy atom. The van der Waals surface area contributed by atoms with Crippen LogP contribution >= 0.6 is 11.6 Å². The smallest absolute Gasteiger partial charge is 0.322 e. The third-order valence-corrected chi connectivity index (χ3v) is 6.00. The van der Waals surface area contributed by atoms with E-state index in [2.05, 4.69) is 26.0 Å². The molecule has 3 heterocycles. The lowest BCUT2D eigenvalue weighted by molar-refractivity contribution is 0.203. The van der Waals surface area contributed by atoms with Crippen molar-refractivity contribution in [2.75, 3.05) is 11.9 Å². The van der Waals surface area contributed by atoms with Gasteiger partial charge in [0.1, 0.15) is 11.4 Å². The first-order valence-electron chi connectivity index (χ1n) is 10.7. The quantitative estimate of drug-likeness (QED) is 0.460. The molecule has 33 heavy (non-hydrogen) atoms. The van der Waals surface area contributed by atoms with Crippen molar-refractivity contribution in [2.45, 2.75) is 32.4 Å². The summed E-state index contributed by atoms with van der Waals surface area (Å²) in [7, 11) is 0. The summed E-state index contributed by atoms with van der Waals surface area (Å²) in [6.07, 6.45) is 1.64. The summed E-state index contributed by atoms with van der Waals surface area (Å²) < 4.78 is 7.24. The fraction of sp³-hybridized carbons (Fsp3) is 0.261. The maximum Gasteiger partial charge on any atom is 0.322 e. The predicted octanol–water partition coefficient (Wildman–Crippen LogP) is 4.71. The third kappa shape index (κ3) is 4.31. The van der Waals surface area contributed by atoms with Crippen LogP contribution < -0.4 is 5.32 Å². The Bertz CT molecular complexity index is 1250. The van der Waals surface area contributed by atoms with Gasteiger partial charge in [-0.2, -0.15) is 0 Å². The van der Waals surface area contributed by atoms with Gasteiger partial charge in [0.25, 0.3) is 0 Å². The number of nitrogens with zero attached hydrogens (tertiary/aromatic N) is 6. The zero-order chi connectivity index (χ0) is 22.8. The second-order valence-electron chi connectivity index (χ2n) is 7.94. The fourth-order valence-corrected chi connectivity index (χ4v) is 4.21. The van der Waals surface area contributed by atoms with Crippen LogP contribution in [0, 0.1) is 6.92 Å². The SMILES string of the molecule is Cc1noc(-c2ccccc2)c1NC(=O)N1CCC[C@@H]1c1nnnn1Cc1ccc(Cl)cc1. The molecular formula is C23H22ClN7O2. The number of hydrogen-bond acceptors (Lipinski definition) is 6. The molecule has 0 bridgehead atoms. The predicted molar refractivity (Wildman–Crippen MR) is 123 cm³/mol. The highest BCUT2D eigenvalue weighted by Gasteiger charge is 2.35. The number of urea groups is 1. The molecule has 10 heteroatoms. The van der Waals surface area contributed by atoms with Crippen molar-refractivity contribution in [1.82, 2.24) is 30.3 Å². The topological polar surface area (TPSA) is 102 Å². The molecule has 168 valence electrons. The van der Waals surface area contributed by atoms with Crippen molar-refractivity contribution < 1.29 is 9.32 Å². The molecule has 2 amide bonds. The number of halogens is 1. The molecule has 1 saturated heterocycles. The first kappa shape index (κ1) is 21.1. The molecule has 1 aliphatic heterocycles. The minimum atomic E-state index is -0.234. The number of aromatic nitrogens is 5. The number of hydrogen-bond donors (Lipinski definition) is 1. The Hall–Kier alpha value is -3.72. The molecule has 1 fully saturated rings. The van der Waals surface area contributed by atoms with Gasteiger partial charge < -0.3 is 14.7 Å². The molecule has 0 radical (unpaired) electrons. The number of anilines is 1. The number of carbonyl (C=O) groups is 1. The van der Waals surface area contributed by atoms with Crippen molar-refractivity contribution in [2.24, 2.45) is 0 Å². The number of rotatable bonds is 5. The molecule has 0 spiro atoms. The van der Waals surface area contributed by atoms with Gasteiger partial charge in [0.15, 0.2) is 11.6 Å². The van der Waals surface area contributed by atoms with Gasteiger partial charge in [0.05, 0.1) is 12.6 Å². The average Bonchev–Trinajstić information content (AvgIpc) is 3.56. The minimum absolute atomic E-state index is 0.229. The highest BCUT2D eigenvalue weighted by Crippen LogP contribution is 2.34. The molecule has 0 aliphatic carbocycles. The number of likely N-dealkylation sites (tertiary alicyclic amines) is 1. The van der Waals surface area contributed by atoms with Gasteiger partial charge in [-0.05, 0) is 47.9 Å². The van der Waals surface area contributed by atoms with Crippen LogP contribution in [-0.2, 0) is 6.54 Å². The molecule has 0 unspecified atom stereocenters. The molecule has 2 aromatic carbocycles. The third-order valence-electron chi connectivity index (χ3n) is 5.75. The molecule has 4 aromatic rings. The summed E-state index contributed by atoms with van der Waals surface area (Å²) >= 11 is 5.99. The van der Waals surface area contributed by atoms with E-state index in [1.54, 1.807) is 16.5 Å². The molecule has 1 N–H and O–H groups in total. The lowest BCUT2D eigenvalue weighted by Gasteiger charge is -2.24. The zero-order valence-electron chi connectivity index (χ0n) is 18.0. The minimum Gasteiger partial charge on any atom is -0.354 e. The van der Waals surface area contributed by atoms with Crippen LogP contribution in [0.2, 0.25) is 5.02 Å². The van der Waals surface area contributed by atoms with Crippen LogP contribution in [0.5, 0.6) is 0 Å². The summed E-state index contributed by atoms with van der Waals surface area (Å²) in [5.74, 6) is 1.19. The van der Waals surface area contributed by atoms with Crippen LogP contribution in [0.4, 0.5) is 10.5 Å². The molecule has 1 aliphatic rings. The second kappa shape index (κ2) is 9.03. The van der Waals surface area contributed by atoms with Crippen LogP contribution in [0.15, 0.2) is 59.1 Å². The zero-order valence-corrected chi connectivity index (χ0v) is 18.7. The van der Waals surface area contributed by atoms with E-state index >= 15 is 0 Å². The molecular weight excluding hydrogens is 442 g/mol. The molecule has 2 aromatic heterocycles.